The average molecular weight is 371 g/mol. The predicted octanol–water partition coefficient (Wildman–Crippen LogP) is 2.27. The van der Waals surface area contributed by atoms with Crippen LogP contribution in [0.2, 0.25) is 0 Å². The van der Waals surface area contributed by atoms with Crippen molar-refractivity contribution in [1.82, 2.24) is 16.2 Å². The van der Waals surface area contributed by atoms with Gasteiger partial charge < -0.3 is 14.8 Å². The van der Waals surface area contributed by atoms with Crippen LogP contribution in [-0.2, 0) is 17.8 Å². The summed E-state index contributed by atoms with van der Waals surface area (Å²) < 4.78 is 10.6. The quantitative estimate of drug-likeness (QED) is 0.566. The van der Waals surface area contributed by atoms with Crippen LogP contribution in [0.25, 0.3) is 0 Å². The van der Waals surface area contributed by atoms with Crippen LogP contribution in [0.5, 0.6) is 11.5 Å². The Morgan fingerprint density at radius 2 is 1.77 bits per heavy atom. The van der Waals surface area contributed by atoms with Gasteiger partial charge in [-0.25, -0.2) is 0 Å². The van der Waals surface area contributed by atoms with Crippen molar-refractivity contribution in [2.24, 2.45) is 0 Å². The summed E-state index contributed by atoms with van der Waals surface area (Å²) in [6.07, 6.45) is 0.291. The molecule has 0 atom stereocenters. The summed E-state index contributed by atoms with van der Waals surface area (Å²) in [7, 11) is 0. The molecule has 0 saturated carbocycles. The lowest BCUT2D eigenvalue weighted by Crippen LogP contribution is -2.47. The molecule has 0 radical (unpaired) electrons. The van der Waals surface area contributed by atoms with Crippen LogP contribution in [0, 0.1) is 13.8 Å². The molecule has 2 aromatic carbocycles. The number of rotatable bonds is 4. The van der Waals surface area contributed by atoms with Crippen LogP contribution in [0.3, 0.4) is 0 Å². The van der Waals surface area contributed by atoms with Crippen molar-refractivity contribution in [3.05, 3.63) is 58.7 Å². The van der Waals surface area contributed by atoms with Crippen LogP contribution >= 0.6 is 12.2 Å². The highest BCUT2D eigenvalue weighted by atomic mass is 32.1. The van der Waals surface area contributed by atoms with E-state index in [0.29, 0.717) is 18.1 Å². The minimum Gasteiger partial charge on any atom is -0.454 e. The zero-order chi connectivity index (χ0) is 18.5. The van der Waals surface area contributed by atoms with Crippen molar-refractivity contribution in [2.45, 2.75) is 26.8 Å². The number of carbonyl (C=O) groups excluding carboxylic acids is 1. The van der Waals surface area contributed by atoms with Gasteiger partial charge in [0.2, 0.25) is 12.7 Å². The van der Waals surface area contributed by atoms with Gasteiger partial charge in [0.1, 0.15) is 0 Å². The van der Waals surface area contributed by atoms with Crippen molar-refractivity contribution in [2.75, 3.05) is 6.79 Å². The van der Waals surface area contributed by atoms with Gasteiger partial charge in [0.15, 0.2) is 16.6 Å². The molecule has 136 valence electrons. The monoisotopic (exact) mass is 371 g/mol. The number of amides is 1. The molecular weight excluding hydrogens is 350 g/mol. The highest BCUT2D eigenvalue weighted by molar-refractivity contribution is 7.80. The van der Waals surface area contributed by atoms with Crippen LogP contribution in [0.1, 0.15) is 22.3 Å². The van der Waals surface area contributed by atoms with E-state index in [1.807, 2.05) is 50.2 Å². The van der Waals surface area contributed by atoms with Gasteiger partial charge in [-0.05, 0) is 60.5 Å². The molecule has 0 saturated heterocycles. The molecule has 1 amide bonds. The molecule has 0 aromatic heterocycles. The minimum atomic E-state index is -0.152. The van der Waals surface area contributed by atoms with E-state index >= 15 is 0 Å². The number of hydrogen-bond donors (Lipinski definition) is 3. The average Bonchev–Trinajstić information content (AvgIpc) is 3.09. The number of aryl methyl sites for hydroxylation is 2. The van der Waals surface area contributed by atoms with Crippen molar-refractivity contribution >= 4 is 23.2 Å². The van der Waals surface area contributed by atoms with Crippen molar-refractivity contribution in [1.29, 1.82) is 0 Å². The maximum atomic E-state index is 12.0. The zero-order valence-corrected chi connectivity index (χ0v) is 15.5. The maximum absolute atomic E-state index is 12.0. The van der Waals surface area contributed by atoms with Gasteiger partial charge in [0.25, 0.3) is 0 Å². The van der Waals surface area contributed by atoms with Gasteiger partial charge in [-0.15, -0.1) is 0 Å². The number of hydrazine groups is 1. The topological polar surface area (TPSA) is 71.6 Å². The Morgan fingerprint density at radius 1 is 1.00 bits per heavy atom. The molecule has 0 unspecified atom stereocenters. The summed E-state index contributed by atoms with van der Waals surface area (Å²) in [4.78, 5) is 12.0. The van der Waals surface area contributed by atoms with Crippen molar-refractivity contribution in [3.8, 4) is 11.5 Å². The lowest BCUT2D eigenvalue weighted by Gasteiger charge is -2.12. The summed E-state index contributed by atoms with van der Waals surface area (Å²) in [5, 5.41) is 3.38. The SMILES string of the molecule is Cc1ccc(CC(=O)NNC(=S)NCc2ccc3c(c2)OCO3)cc1C. The second kappa shape index (κ2) is 8.05. The van der Waals surface area contributed by atoms with Gasteiger partial charge in [0.05, 0.1) is 6.42 Å². The number of thiocarbonyl (C=S) groups is 1. The Labute approximate surface area is 157 Å². The molecule has 1 aliphatic rings. The number of nitrogens with one attached hydrogen (secondary N) is 3. The highest BCUT2D eigenvalue weighted by Crippen LogP contribution is 2.32. The summed E-state index contributed by atoms with van der Waals surface area (Å²) in [6, 6.07) is 11.7. The fourth-order valence-electron chi connectivity index (χ4n) is 2.55. The van der Waals surface area contributed by atoms with Gasteiger partial charge in [0, 0.05) is 6.54 Å². The number of hydrogen-bond acceptors (Lipinski definition) is 4. The molecular formula is C19H21N3O3S. The summed E-state index contributed by atoms with van der Waals surface area (Å²) >= 11 is 5.18. The number of fused-ring (bicyclic) bond motifs is 1. The summed E-state index contributed by atoms with van der Waals surface area (Å²) in [5.41, 5.74) is 9.67. The lowest BCUT2D eigenvalue weighted by atomic mass is 10.0. The molecule has 3 rings (SSSR count). The van der Waals surface area contributed by atoms with Crippen molar-refractivity contribution < 1.29 is 14.3 Å². The predicted molar refractivity (Wildman–Crippen MR) is 103 cm³/mol. The van der Waals surface area contributed by atoms with Crippen LogP contribution in [0.15, 0.2) is 36.4 Å². The third-order valence-corrected chi connectivity index (χ3v) is 4.39. The Kier molecular flexibility index (Phi) is 5.58. The van der Waals surface area contributed by atoms with Gasteiger partial charge >= 0.3 is 0 Å². The zero-order valence-electron chi connectivity index (χ0n) is 14.7. The largest absolute Gasteiger partial charge is 0.454 e. The lowest BCUT2D eigenvalue weighted by molar-refractivity contribution is -0.121. The van der Waals surface area contributed by atoms with E-state index in [1.54, 1.807) is 0 Å². The van der Waals surface area contributed by atoms with Crippen LogP contribution < -0.4 is 25.6 Å². The Hall–Kier alpha value is -2.80. The molecule has 6 nitrogen and oxygen atoms in total. The van der Waals surface area contributed by atoms with E-state index in [4.69, 9.17) is 21.7 Å². The van der Waals surface area contributed by atoms with E-state index in [9.17, 15) is 4.79 Å². The van der Waals surface area contributed by atoms with Gasteiger partial charge in [-0.1, -0.05) is 24.3 Å². The fraction of sp³-hybridized carbons (Fsp3) is 0.263. The standard InChI is InChI=1S/C19H21N3O3S/c1-12-3-4-14(7-13(12)2)9-18(23)21-22-19(26)20-10-15-5-6-16-17(8-15)25-11-24-16/h3-8H,9-11H2,1-2H3,(H,21,23)(H2,20,22,26). The minimum absolute atomic E-state index is 0.152. The van der Waals surface area contributed by atoms with E-state index in [2.05, 4.69) is 16.2 Å². The van der Waals surface area contributed by atoms with Gasteiger partial charge in [-0.2, -0.15) is 0 Å². The normalized spacial score (nSPS) is 11.8. The number of benzene rings is 2. The molecule has 1 heterocycles. The third-order valence-electron chi connectivity index (χ3n) is 4.14. The molecule has 0 fully saturated rings. The third kappa shape index (κ3) is 4.64. The maximum Gasteiger partial charge on any atom is 0.242 e. The van der Waals surface area contributed by atoms with E-state index in [0.717, 1.165) is 22.6 Å². The molecule has 1 aliphatic heterocycles. The van der Waals surface area contributed by atoms with E-state index in [1.165, 1.54) is 11.1 Å². The number of ether oxygens (including phenoxy) is 2. The molecule has 3 N–H and O–H groups in total. The number of carbonyl (C=O) groups is 1. The summed E-state index contributed by atoms with van der Waals surface area (Å²) in [6.45, 7) is 4.84. The van der Waals surface area contributed by atoms with Gasteiger partial charge in [-0.3, -0.25) is 15.6 Å². The first-order valence-corrected chi connectivity index (χ1v) is 8.69. The van der Waals surface area contributed by atoms with Crippen molar-refractivity contribution in [3.63, 3.8) is 0 Å². The van der Waals surface area contributed by atoms with Crippen LogP contribution in [-0.4, -0.2) is 17.8 Å². The molecule has 0 spiro atoms. The molecule has 26 heavy (non-hydrogen) atoms. The Morgan fingerprint density at radius 3 is 2.58 bits per heavy atom. The smallest absolute Gasteiger partial charge is 0.242 e. The second-order valence-corrected chi connectivity index (χ2v) is 6.55. The summed E-state index contributed by atoms with van der Waals surface area (Å²) in [5.74, 6) is 1.32. The first kappa shape index (κ1) is 18.0. The fourth-order valence-corrected chi connectivity index (χ4v) is 2.67. The molecule has 2 aromatic rings. The first-order chi connectivity index (χ1) is 12.5. The van der Waals surface area contributed by atoms with E-state index in [-0.39, 0.29) is 12.7 Å². The molecule has 7 heteroatoms. The van der Waals surface area contributed by atoms with Crippen LogP contribution in [0.4, 0.5) is 0 Å². The molecule has 0 bridgehead atoms. The first-order valence-electron chi connectivity index (χ1n) is 8.28. The Bertz CT molecular complexity index is 839. The molecule has 0 aliphatic carbocycles. The second-order valence-electron chi connectivity index (χ2n) is 6.14. The van der Waals surface area contributed by atoms with E-state index < -0.39 is 0 Å². The Balaban J connectivity index is 1.42. The highest BCUT2D eigenvalue weighted by Gasteiger charge is 2.13.